The summed E-state index contributed by atoms with van der Waals surface area (Å²) in [5.74, 6) is 1.60. The third-order valence-corrected chi connectivity index (χ3v) is 7.27. The van der Waals surface area contributed by atoms with Crippen LogP contribution in [0, 0.1) is 12.3 Å². The topological polar surface area (TPSA) is 59.8 Å². The van der Waals surface area contributed by atoms with Crippen LogP contribution < -0.4 is 10.3 Å². The largest absolute Gasteiger partial charge is 0.466 e. The first-order valence-corrected chi connectivity index (χ1v) is 11.8. The third-order valence-electron chi connectivity index (χ3n) is 7.27. The zero-order valence-electron chi connectivity index (χ0n) is 19.9. The van der Waals surface area contributed by atoms with Crippen LogP contribution >= 0.6 is 0 Å². The summed E-state index contributed by atoms with van der Waals surface area (Å²) < 4.78 is 12.7. The molecule has 5 nitrogen and oxygen atoms in total. The van der Waals surface area contributed by atoms with Gasteiger partial charge in [-0.25, -0.2) is 0 Å². The summed E-state index contributed by atoms with van der Waals surface area (Å²) >= 11 is 0. The Morgan fingerprint density at radius 1 is 0.971 bits per heavy atom. The molecule has 0 saturated carbocycles. The fourth-order valence-electron chi connectivity index (χ4n) is 5.61. The number of anilines is 2. The van der Waals surface area contributed by atoms with Gasteiger partial charge in [0, 0.05) is 29.7 Å². The molecule has 0 radical (unpaired) electrons. The Morgan fingerprint density at radius 2 is 1.71 bits per heavy atom. The van der Waals surface area contributed by atoms with Crippen molar-refractivity contribution in [2.45, 2.75) is 46.5 Å². The molecule has 172 valence electrons. The quantitative estimate of drug-likeness (QED) is 0.434. The summed E-state index contributed by atoms with van der Waals surface area (Å²) in [6.07, 6.45) is 1.11. The van der Waals surface area contributed by atoms with E-state index in [1.807, 2.05) is 61.2 Å². The highest BCUT2D eigenvalue weighted by molar-refractivity contribution is 6.00. The molecule has 1 aromatic heterocycles. The summed E-state index contributed by atoms with van der Waals surface area (Å²) in [6, 6.07) is 15.5. The van der Waals surface area contributed by atoms with E-state index in [1.165, 1.54) is 0 Å². The second kappa shape index (κ2) is 7.20. The number of ketones is 1. The van der Waals surface area contributed by atoms with Crippen molar-refractivity contribution in [2.75, 3.05) is 11.4 Å². The fraction of sp³-hybridized carbons (Fsp3) is 0.310. The maximum absolute atomic E-state index is 14.0. The van der Waals surface area contributed by atoms with Crippen molar-refractivity contribution in [2.24, 2.45) is 5.41 Å². The first-order valence-electron chi connectivity index (χ1n) is 11.8. The van der Waals surface area contributed by atoms with Crippen LogP contribution in [0.4, 0.5) is 11.6 Å². The Morgan fingerprint density at radius 3 is 2.47 bits per heavy atom. The number of para-hydroxylation sites is 1. The van der Waals surface area contributed by atoms with Crippen molar-refractivity contribution >= 4 is 28.3 Å². The lowest BCUT2D eigenvalue weighted by Gasteiger charge is -2.43. The SMILES string of the molecule is CC1=C2CN(c3ccc(C)cc3)c3oc4ccccc4c(=O)c3C2C2=C(CC(C)(C)CC2=O)O1. The van der Waals surface area contributed by atoms with Gasteiger partial charge in [-0.2, -0.15) is 0 Å². The van der Waals surface area contributed by atoms with Gasteiger partial charge in [0.15, 0.2) is 11.2 Å². The summed E-state index contributed by atoms with van der Waals surface area (Å²) in [4.78, 5) is 29.5. The molecule has 5 heteroatoms. The van der Waals surface area contributed by atoms with Crippen LogP contribution in [-0.2, 0) is 9.53 Å². The van der Waals surface area contributed by atoms with Crippen LogP contribution in [0.1, 0.15) is 50.7 Å². The van der Waals surface area contributed by atoms with E-state index in [2.05, 4.69) is 13.8 Å². The molecule has 6 rings (SSSR count). The van der Waals surface area contributed by atoms with E-state index in [0.29, 0.717) is 53.1 Å². The molecule has 0 spiro atoms. The van der Waals surface area contributed by atoms with Crippen molar-refractivity contribution in [3.63, 3.8) is 0 Å². The molecular formula is C29H27NO4. The Bertz CT molecular complexity index is 1490. The Labute approximate surface area is 198 Å². The molecule has 3 heterocycles. The van der Waals surface area contributed by atoms with Crippen LogP contribution in [0.5, 0.6) is 0 Å². The molecule has 0 N–H and O–H groups in total. The Balaban J connectivity index is 1.66. The number of rotatable bonds is 1. The maximum Gasteiger partial charge on any atom is 0.208 e. The van der Waals surface area contributed by atoms with Crippen LogP contribution in [0.2, 0.25) is 0 Å². The minimum Gasteiger partial charge on any atom is -0.466 e. The van der Waals surface area contributed by atoms with Gasteiger partial charge in [-0.15, -0.1) is 0 Å². The van der Waals surface area contributed by atoms with Gasteiger partial charge in [0.1, 0.15) is 17.1 Å². The molecule has 2 aliphatic heterocycles. The molecule has 0 saturated heterocycles. The number of fused-ring (bicyclic) bond motifs is 5. The van der Waals surface area contributed by atoms with Crippen molar-refractivity contribution in [3.8, 4) is 0 Å². The number of allylic oxidation sites excluding steroid dienone is 3. The zero-order valence-corrected chi connectivity index (χ0v) is 19.9. The summed E-state index contributed by atoms with van der Waals surface area (Å²) in [6.45, 7) is 8.65. The standard InChI is InChI=1S/C29H27NO4/c1-16-9-11-18(12-10-16)30-15-20-17(2)33-23-14-29(3,4)13-21(31)25(23)24(20)26-27(32)19-7-5-6-8-22(19)34-28(26)30/h5-12,24H,13-15H2,1-4H3. The number of carbonyl (C=O) groups excluding carboxylic acids is 1. The smallest absolute Gasteiger partial charge is 0.208 e. The number of benzene rings is 2. The predicted molar refractivity (Wildman–Crippen MR) is 132 cm³/mol. The van der Waals surface area contributed by atoms with Gasteiger partial charge >= 0.3 is 0 Å². The van der Waals surface area contributed by atoms with Crippen molar-refractivity contribution < 1.29 is 13.9 Å². The predicted octanol–water partition coefficient (Wildman–Crippen LogP) is 6.28. The summed E-state index contributed by atoms with van der Waals surface area (Å²) in [7, 11) is 0. The molecule has 0 amide bonds. The van der Waals surface area contributed by atoms with Gasteiger partial charge in [-0.3, -0.25) is 9.59 Å². The van der Waals surface area contributed by atoms with E-state index in [0.717, 1.165) is 22.6 Å². The van der Waals surface area contributed by atoms with Crippen LogP contribution in [0.15, 0.2) is 80.4 Å². The van der Waals surface area contributed by atoms with E-state index in [4.69, 9.17) is 9.15 Å². The molecule has 0 fully saturated rings. The molecule has 34 heavy (non-hydrogen) atoms. The number of ether oxygens (including phenoxy) is 1. The lowest BCUT2D eigenvalue weighted by atomic mass is 9.69. The molecule has 1 aliphatic carbocycles. The third kappa shape index (κ3) is 3.07. The molecule has 0 bridgehead atoms. The maximum atomic E-state index is 14.0. The van der Waals surface area contributed by atoms with E-state index in [9.17, 15) is 9.59 Å². The van der Waals surface area contributed by atoms with Gasteiger partial charge in [0.25, 0.3) is 0 Å². The molecule has 3 aliphatic rings. The van der Waals surface area contributed by atoms with E-state index >= 15 is 0 Å². The van der Waals surface area contributed by atoms with E-state index < -0.39 is 5.92 Å². The average Bonchev–Trinajstić information content (AvgIpc) is 2.78. The number of nitrogens with zero attached hydrogens (tertiary/aromatic N) is 1. The lowest BCUT2D eigenvalue weighted by Crippen LogP contribution is -2.40. The number of carbonyl (C=O) groups is 1. The molecular weight excluding hydrogens is 426 g/mol. The van der Waals surface area contributed by atoms with Crippen LogP contribution in [-0.4, -0.2) is 12.3 Å². The highest BCUT2D eigenvalue weighted by Gasteiger charge is 2.47. The van der Waals surface area contributed by atoms with E-state index in [-0.39, 0.29) is 16.6 Å². The van der Waals surface area contributed by atoms with Crippen molar-refractivity contribution in [1.82, 2.24) is 0 Å². The van der Waals surface area contributed by atoms with Gasteiger partial charge in [-0.1, -0.05) is 43.7 Å². The van der Waals surface area contributed by atoms with Crippen LogP contribution in [0.3, 0.4) is 0 Å². The minimum absolute atomic E-state index is 0.0588. The van der Waals surface area contributed by atoms with Crippen molar-refractivity contribution in [1.29, 1.82) is 0 Å². The molecule has 2 aromatic carbocycles. The lowest BCUT2D eigenvalue weighted by molar-refractivity contribution is -0.119. The summed E-state index contributed by atoms with van der Waals surface area (Å²) in [5.41, 5.74) is 4.48. The molecule has 1 unspecified atom stereocenters. The molecule has 3 aromatic rings. The minimum atomic E-state index is -0.440. The van der Waals surface area contributed by atoms with Crippen molar-refractivity contribution in [3.05, 3.63) is 92.5 Å². The second-order valence-electron chi connectivity index (χ2n) is 10.5. The number of Topliss-reactive ketones (excluding diaryl/α,β-unsaturated/α-hetero) is 1. The average molecular weight is 454 g/mol. The first kappa shape index (κ1) is 21.0. The molecule has 1 atom stereocenters. The van der Waals surface area contributed by atoms with Gasteiger partial charge in [-0.05, 0) is 43.5 Å². The van der Waals surface area contributed by atoms with Gasteiger partial charge in [0.2, 0.25) is 5.88 Å². The van der Waals surface area contributed by atoms with E-state index in [1.54, 1.807) is 6.07 Å². The van der Waals surface area contributed by atoms with Gasteiger partial charge < -0.3 is 14.1 Å². The Kier molecular flexibility index (Phi) is 4.44. The first-order chi connectivity index (χ1) is 16.2. The Hall–Kier alpha value is -3.60. The summed E-state index contributed by atoms with van der Waals surface area (Å²) in [5, 5.41) is 0.529. The zero-order chi connectivity index (χ0) is 23.8. The monoisotopic (exact) mass is 453 g/mol. The van der Waals surface area contributed by atoms with Crippen LogP contribution in [0.25, 0.3) is 11.0 Å². The fourth-order valence-corrected chi connectivity index (χ4v) is 5.61. The normalized spacial score (nSPS) is 21.2. The number of aryl methyl sites for hydroxylation is 1. The second-order valence-corrected chi connectivity index (χ2v) is 10.5. The highest BCUT2D eigenvalue weighted by atomic mass is 16.5. The highest BCUT2D eigenvalue weighted by Crippen LogP contribution is 2.53. The number of hydrogen-bond donors (Lipinski definition) is 0. The van der Waals surface area contributed by atoms with Gasteiger partial charge in [0.05, 0.1) is 23.4 Å². The number of hydrogen-bond acceptors (Lipinski definition) is 5.